The zero-order chi connectivity index (χ0) is 16.5. The first-order chi connectivity index (χ1) is 11.2. The van der Waals surface area contributed by atoms with Crippen molar-refractivity contribution >= 4 is 23.2 Å². The molecule has 0 aliphatic heterocycles. The Balaban J connectivity index is 1.65. The van der Waals surface area contributed by atoms with Gasteiger partial charge in [0, 0.05) is 18.7 Å². The van der Waals surface area contributed by atoms with Crippen LogP contribution >= 0.6 is 11.3 Å². The predicted molar refractivity (Wildman–Crippen MR) is 91.2 cm³/mol. The van der Waals surface area contributed by atoms with Crippen LogP contribution < -0.4 is 15.4 Å². The number of hydrogen-bond acceptors (Lipinski definition) is 4. The molecule has 0 atom stereocenters. The van der Waals surface area contributed by atoms with Crippen LogP contribution in [0.3, 0.4) is 0 Å². The van der Waals surface area contributed by atoms with Gasteiger partial charge in [-0.2, -0.15) is 0 Å². The largest absolute Gasteiger partial charge is 0.494 e. The Bertz CT molecular complexity index is 624. The zero-order valence-electron chi connectivity index (χ0n) is 13.0. The van der Waals surface area contributed by atoms with E-state index in [0.717, 1.165) is 5.75 Å². The highest BCUT2D eigenvalue weighted by molar-refractivity contribution is 7.12. The molecule has 0 bridgehead atoms. The molecule has 2 N–H and O–H groups in total. The van der Waals surface area contributed by atoms with Crippen LogP contribution in [0.1, 0.15) is 33.4 Å². The molecule has 0 aliphatic carbocycles. The Morgan fingerprint density at radius 2 is 1.74 bits per heavy atom. The summed E-state index contributed by atoms with van der Waals surface area (Å²) >= 11 is 1.41. The summed E-state index contributed by atoms with van der Waals surface area (Å²) in [5.41, 5.74) is 0.594. The lowest BCUT2D eigenvalue weighted by Gasteiger charge is -2.07. The lowest BCUT2D eigenvalue weighted by molar-refractivity contribution is 0.0953. The van der Waals surface area contributed by atoms with E-state index < -0.39 is 0 Å². The SMILES string of the molecule is CCOc1ccc(C(=O)NCCCNC(=O)c2cccs2)cc1. The highest BCUT2D eigenvalue weighted by atomic mass is 32.1. The molecule has 0 aliphatic rings. The smallest absolute Gasteiger partial charge is 0.261 e. The molecule has 0 radical (unpaired) electrons. The van der Waals surface area contributed by atoms with Gasteiger partial charge in [-0.05, 0) is 49.1 Å². The number of hydrogen-bond donors (Lipinski definition) is 2. The van der Waals surface area contributed by atoms with Crippen molar-refractivity contribution in [2.75, 3.05) is 19.7 Å². The van der Waals surface area contributed by atoms with Crippen LogP contribution in [0.4, 0.5) is 0 Å². The molecule has 2 aromatic rings. The maximum absolute atomic E-state index is 12.0. The number of benzene rings is 1. The van der Waals surface area contributed by atoms with E-state index in [1.807, 2.05) is 18.4 Å². The molecular weight excluding hydrogens is 312 g/mol. The summed E-state index contributed by atoms with van der Waals surface area (Å²) in [7, 11) is 0. The van der Waals surface area contributed by atoms with Gasteiger partial charge in [0.2, 0.25) is 0 Å². The maximum Gasteiger partial charge on any atom is 0.261 e. The Hall–Kier alpha value is -2.34. The summed E-state index contributed by atoms with van der Waals surface area (Å²) in [4.78, 5) is 24.4. The monoisotopic (exact) mass is 332 g/mol. The number of ether oxygens (including phenoxy) is 1. The third-order valence-electron chi connectivity index (χ3n) is 3.10. The molecular formula is C17H20N2O3S. The molecule has 122 valence electrons. The average molecular weight is 332 g/mol. The summed E-state index contributed by atoms with van der Waals surface area (Å²) < 4.78 is 5.34. The van der Waals surface area contributed by atoms with E-state index in [9.17, 15) is 9.59 Å². The van der Waals surface area contributed by atoms with Crippen molar-refractivity contribution in [2.24, 2.45) is 0 Å². The summed E-state index contributed by atoms with van der Waals surface area (Å²) in [5.74, 6) is 0.552. The van der Waals surface area contributed by atoms with Crippen molar-refractivity contribution in [1.82, 2.24) is 10.6 Å². The van der Waals surface area contributed by atoms with E-state index in [1.54, 1.807) is 30.3 Å². The maximum atomic E-state index is 12.0. The van der Waals surface area contributed by atoms with E-state index in [2.05, 4.69) is 10.6 Å². The van der Waals surface area contributed by atoms with Crippen LogP contribution in [0, 0.1) is 0 Å². The van der Waals surface area contributed by atoms with Gasteiger partial charge in [-0.15, -0.1) is 11.3 Å². The van der Waals surface area contributed by atoms with Crippen LogP contribution in [0.5, 0.6) is 5.75 Å². The van der Waals surface area contributed by atoms with Gasteiger partial charge in [0.25, 0.3) is 11.8 Å². The molecule has 5 nitrogen and oxygen atoms in total. The lowest BCUT2D eigenvalue weighted by atomic mass is 10.2. The van der Waals surface area contributed by atoms with Crippen LogP contribution in [0.15, 0.2) is 41.8 Å². The molecule has 0 unspecified atom stereocenters. The zero-order valence-corrected chi connectivity index (χ0v) is 13.8. The first kappa shape index (κ1) is 17.0. The standard InChI is InChI=1S/C17H20N2O3S/c1-2-22-14-8-6-13(7-9-14)16(20)18-10-4-11-19-17(21)15-5-3-12-23-15/h3,5-9,12H,2,4,10-11H2,1H3,(H,18,20)(H,19,21). The Morgan fingerprint density at radius 1 is 1.04 bits per heavy atom. The van der Waals surface area contributed by atoms with Crippen LogP contribution in [0.2, 0.25) is 0 Å². The van der Waals surface area contributed by atoms with E-state index in [4.69, 9.17) is 4.74 Å². The number of nitrogens with one attached hydrogen (secondary N) is 2. The van der Waals surface area contributed by atoms with Gasteiger partial charge in [-0.25, -0.2) is 0 Å². The predicted octanol–water partition coefficient (Wildman–Crippen LogP) is 2.70. The first-order valence-corrected chi connectivity index (χ1v) is 8.41. The van der Waals surface area contributed by atoms with E-state index in [0.29, 0.717) is 36.6 Å². The number of carbonyl (C=O) groups is 2. The second-order valence-electron chi connectivity index (χ2n) is 4.80. The van der Waals surface area contributed by atoms with E-state index >= 15 is 0 Å². The minimum absolute atomic E-state index is 0.0714. The molecule has 0 fully saturated rings. The summed E-state index contributed by atoms with van der Waals surface area (Å²) in [6, 6.07) is 10.7. The molecule has 1 heterocycles. The molecule has 2 amide bonds. The van der Waals surface area contributed by atoms with Gasteiger partial charge in [-0.3, -0.25) is 9.59 Å². The van der Waals surface area contributed by atoms with Crippen molar-refractivity contribution in [3.63, 3.8) is 0 Å². The van der Waals surface area contributed by atoms with Crippen LogP contribution in [0.25, 0.3) is 0 Å². The minimum Gasteiger partial charge on any atom is -0.494 e. The van der Waals surface area contributed by atoms with Crippen molar-refractivity contribution in [2.45, 2.75) is 13.3 Å². The summed E-state index contributed by atoms with van der Waals surface area (Å²) in [6.45, 7) is 3.55. The Morgan fingerprint density at radius 3 is 2.35 bits per heavy atom. The topological polar surface area (TPSA) is 67.4 Å². The average Bonchev–Trinajstić information content (AvgIpc) is 3.10. The van der Waals surface area contributed by atoms with Gasteiger partial charge in [0.05, 0.1) is 11.5 Å². The number of thiophene rings is 1. The fourth-order valence-electron chi connectivity index (χ4n) is 1.96. The molecule has 0 spiro atoms. The Kier molecular flexibility index (Phi) is 6.62. The van der Waals surface area contributed by atoms with Gasteiger partial charge in [-0.1, -0.05) is 6.07 Å². The first-order valence-electron chi connectivity index (χ1n) is 7.53. The molecule has 1 aromatic heterocycles. The minimum atomic E-state index is -0.127. The van der Waals surface area contributed by atoms with Gasteiger partial charge >= 0.3 is 0 Å². The van der Waals surface area contributed by atoms with Crippen molar-refractivity contribution < 1.29 is 14.3 Å². The molecule has 23 heavy (non-hydrogen) atoms. The normalized spacial score (nSPS) is 10.1. The summed E-state index contributed by atoms with van der Waals surface area (Å²) in [5, 5.41) is 7.52. The third kappa shape index (κ3) is 5.41. The highest BCUT2D eigenvalue weighted by Crippen LogP contribution is 2.12. The van der Waals surface area contributed by atoms with E-state index in [1.165, 1.54) is 11.3 Å². The highest BCUT2D eigenvalue weighted by Gasteiger charge is 2.06. The molecule has 0 saturated carbocycles. The van der Waals surface area contributed by atoms with Crippen molar-refractivity contribution in [3.05, 3.63) is 52.2 Å². The third-order valence-corrected chi connectivity index (χ3v) is 3.97. The molecule has 1 aromatic carbocycles. The molecule has 6 heteroatoms. The fraction of sp³-hybridized carbons (Fsp3) is 0.294. The molecule has 0 saturated heterocycles. The Labute approximate surface area is 139 Å². The summed E-state index contributed by atoms with van der Waals surface area (Å²) in [6.07, 6.45) is 0.680. The van der Waals surface area contributed by atoms with Crippen molar-refractivity contribution in [1.29, 1.82) is 0 Å². The lowest BCUT2D eigenvalue weighted by Crippen LogP contribution is -2.29. The van der Waals surface area contributed by atoms with Crippen LogP contribution in [-0.2, 0) is 0 Å². The molecule has 2 rings (SSSR count). The second kappa shape index (κ2) is 8.95. The van der Waals surface area contributed by atoms with Gasteiger partial charge in [0.15, 0.2) is 0 Å². The van der Waals surface area contributed by atoms with Crippen molar-refractivity contribution in [3.8, 4) is 5.75 Å². The number of amides is 2. The van der Waals surface area contributed by atoms with E-state index in [-0.39, 0.29) is 11.8 Å². The van der Waals surface area contributed by atoms with Gasteiger partial charge in [0.1, 0.15) is 5.75 Å². The van der Waals surface area contributed by atoms with Crippen LogP contribution in [-0.4, -0.2) is 31.5 Å². The number of rotatable bonds is 8. The quantitative estimate of drug-likeness (QED) is 0.730. The fourth-order valence-corrected chi connectivity index (χ4v) is 2.60. The second-order valence-corrected chi connectivity index (χ2v) is 5.75. The van der Waals surface area contributed by atoms with Gasteiger partial charge < -0.3 is 15.4 Å². The number of carbonyl (C=O) groups excluding carboxylic acids is 2.